The summed E-state index contributed by atoms with van der Waals surface area (Å²) >= 11 is 6.00. The number of ketones is 1. The standard InChI is InChI=1S/C23H16ClN3O3/c1-29-16-8-9-20-17(11-16)18(13-27(20)12-14-4-6-15(24)7-5-14)21(28)23-26-19-3-2-10-25-22(19)30-23/h2-11,13H,12H2,1H3. The average Bonchev–Trinajstić information content (AvgIpc) is 3.36. The topological polar surface area (TPSA) is 70.2 Å². The number of carbonyl (C=O) groups excluding carboxylic acids is 1. The van der Waals surface area contributed by atoms with Crippen molar-refractivity contribution in [3.05, 3.63) is 89.0 Å². The zero-order valence-electron chi connectivity index (χ0n) is 16.0. The Hall–Kier alpha value is -3.64. The Morgan fingerprint density at radius 1 is 1.17 bits per heavy atom. The molecule has 0 fully saturated rings. The molecule has 0 radical (unpaired) electrons. The molecule has 3 aromatic heterocycles. The number of benzene rings is 2. The van der Waals surface area contributed by atoms with E-state index in [1.54, 1.807) is 25.4 Å². The molecule has 5 aromatic rings. The van der Waals surface area contributed by atoms with Crippen molar-refractivity contribution >= 4 is 39.5 Å². The number of aromatic nitrogens is 3. The third-order valence-corrected chi connectivity index (χ3v) is 5.21. The molecule has 0 atom stereocenters. The predicted molar refractivity (Wildman–Crippen MR) is 114 cm³/mol. The van der Waals surface area contributed by atoms with Crippen molar-refractivity contribution in [1.82, 2.24) is 14.5 Å². The molecule has 2 aromatic carbocycles. The van der Waals surface area contributed by atoms with Crippen LogP contribution in [0, 0.1) is 0 Å². The molecule has 148 valence electrons. The molecule has 0 aliphatic rings. The lowest BCUT2D eigenvalue weighted by Crippen LogP contribution is -2.01. The predicted octanol–water partition coefficient (Wildman–Crippen LogP) is 5.12. The van der Waals surface area contributed by atoms with Gasteiger partial charge in [0, 0.05) is 34.9 Å². The molecule has 0 amide bonds. The molecule has 30 heavy (non-hydrogen) atoms. The monoisotopic (exact) mass is 417 g/mol. The average molecular weight is 418 g/mol. The largest absolute Gasteiger partial charge is 0.497 e. The number of hydrogen-bond acceptors (Lipinski definition) is 5. The van der Waals surface area contributed by atoms with Gasteiger partial charge in [-0.1, -0.05) is 23.7 Å². The molecule has 0 bridgehead atoms. The number of pyridine rings is 1. The molecule has 0 saturated carbocycles. The summed E-state index contributed by atoms with van der Waals surface area (Å²) in [7, 11) is 1.60. The van der Waals surface area contributed by atoms with E-state index in [9.17, 15) is 4.79 Å². The lowest BCUT2D eigenvalue weighted by molar-refractivity contribution is 0.101. The van der Waals surface area contributed by atoms with E-state index >= 15 is 0 Å². The van der Waals surface area contributed by atoms with Crippen molar-refractivity contribution in [2.75, 3.05) is 7.11 Å². The van der Waals surface area contributed by atoms with Gasteiger partial charge in [-0.15, -0.1) is 0 Å². The molecule has 7 heteroatoms. The van der Waals surface area contributed by atoms with Crippen LogP contribution in [-0.2, 0) is 6.54 Å². The first-order chi connectivity index (χ1) is 14.6. The smallest absolute Gasteiger partial charge is 0.270 e. The van der Waals surface area contributed by atoms with Crippen LogP contribution in [0.5, 0.6) is 5.75 Å². The number of fused-ring (bicyclic) bond motifs is 2. The first kappa shape index (κ1) is 18.4. The van der Waals surface area contributed by atoms with Crippen molar-refractivity contribution in [3.8, 4) is 5.75 Å². The highest BCUT2D eigenvalue weighted by molar-refractivity contribution is 6.30. The van der Waals surface area contributed by atoms with E-state index in [-0.39, 0.29) is 11.7 Å². The van der Waals surface area contributed by atoms with Gasteiger partial charge in [-0.25, -0.2) is 9.97 Å². The minimum atomic E-state index is -0.305. The Kier molecular flexibility index (Phi) is 4.48. The second-order valence-electron chi connectivity index (χ2n) is 6.86. The van der Waals surface area contributed by atoms with Crippen LogP contribution in [-0.4, -0.2) is 27.4 Å². The maximum Gasteiger partial charge on any atom is 0.270 e. The first-order valence-electron chi connectivity index (χ1n) is 9.30. The molecule has 0 spiro atoms. The number of nitrogens with zero attached hydrogens (tertiary/aromatic N) is 3. The Morgan fingerprint density at radius 3 is 2.77 bits per heavy atom. The van der Waals surface area contributed by atoms with Gasteiger partial charge in [0.2, 0.25) is 11.5 Å². The van der Waals surface area contributed by atoms with Crippen LogP contribution < -0.4 is 4.74 Å². The van der Waals surface area contributed by atoms with Gasteiger partial charge < -0.3 is 13.7 Å². The minimum Gasteiger partial charge on any atom is -0.497 e. The third kappa shape index (κ3) is 3.21. The van der Waals surface area contributed by atoms with Gasteiger partial charge in [0.15, 0.2) is 0 Å². The summed E-state index contributed by atoms with van der Waals surface area (Å²) in [5, 5.41) is 1.45. The van der Waals surface area contributed by atoms with Gasteiger partial charge in [0.05, 0.1) is 12.7 Å². The van der Waals surface area contributed by atoms with Crippen molar-refractivity contribution in [2.45, 2.75) is 6.54 Å². The highest BCUT2D eigenvalue weighted by Gasteiger charge is 2.22. The van der Waals surface area contributed by atoms with Gasteiger partial charge in [-0.3, -0.25) is 4.79 Å². The molecule has 6 nitrogen and oxygen atoms in total. The van der Waals surface area contributed by atoms with Crippen LogP contribution in [0.2, 0.25) is 5.02 Å². The summed E-state index contributed by atoms with van der Waals surface area (Å²) < 4.78 is 13.0. The van der Waals surface area contributed by atoms with Gasteiger partial charge in [0.25, 0.3) is 5.89 Å². The SMILES string of the molecule is COc1ccc2c(c1)c(C(=O)c1nc3cccnc3o1)cn2Cc1ccc(Cl)cc1. The molecule has 0 aliphatic carbocycles. The van der Waals surface area contributed by atoms with Gasteiger partial charge in [-0.2, -0.15) is 0 Å². The molecule has 3 heterocycles. The summed E-state index contributed by atoms with van der Waals surface area (Å²) in [6.07, 6.45) is 3.42. The Bertz CT molecular complexity index is 1350. The fourth-order valence-electron chi connectivity index (χ4n) is 3.48. The van der Waals surface area contributed by atoms with E-state index in [1.165, 1.54) is 0 Å². The van der Waals surface area contributed by atoms with Crippen molar-refractivity contribution in [2.24, 2.45) is 0 Å². The second-order valence-corrected chi connectivity index (χ2v) is 7.29. The first-order valence-corrected chi connectivity index (χ1v) is 9.68. The third-order valence-electron chi connectivity index (χ3n) is 4.96. The number of methoxy groups -OCH3 is 1. The van der Waals surface area contributed by atoms with Gasteiger partial charge in [0.1, 0.15) is 11.3 Å². The summed E-state index contributed by atoms with van der Waals surface area (Å²) in [6.45, 7) is 0.586. The summed E-state index contributed by atoms with van der Waals surface area (Å²) in [5.74, 6) is 0.373. The molecular weight excluding hydrogens is 402 g/mol. The number of ether oxygens (including phenoxy) is 1. The van der Waals surface area contributed by atoms with Crippen molar-refractivity contribution < 1.29 is 13.9 Å². The zero-order valence-corrected chi connectivity index (χ0v) is 16.8. The van der Waals surface area contributed by atoms with Gasteiger partial charge >= 0.3 is 0 Å². The van der Waals surface area contributed by atoms with Crippen LogP contribution in [0.15, 0.2) is 71.4 Å². The zero-order chi connectivity index (χ0) is 20.7. The maximum absolute atomic E-state index is 13.3. The van der Waals surface area contributed by atoms with Crippen LogP contribution >= 0.6 is 11.6 Å². The Balaban J connectivity index is 1.62. The Labute approximate surface area is 176 Å². The van der Waals surface area contributed by atoms with Crippen LogP contribution in [0.3, 0.4) is 0 Å². The highest BCUT2D eigenvalue weighted by atomic mass is 35.5. The van der Waals surface area contributed by atoms with E-state index in [0.717, 1.165) is 16.5 Å². The summed E-state index contributed by atoms with van der Waals surface area (Å²) in [6, 6.07) is 16.8. The second kappa shape index (κ2) is 7.31. The van der Waals surface area contributed by atoms with E-state index in [4.69, 9.17) is 20.8 Å². The van der Waals surface area contributed by atoms with E-state index in [2.05, 4.69) is 9.97 Å². The van der Waals surface area contributed by atoms with Crippen LogP contribution in [0.25, 0.3) is 22.1 Å². The highest BCUT2D eigenvalue weighted by Crippen LogP contribution is 2.29. The fourth-order valence-corrected chi connectivity index (χ4v) is 3.61. The van der Waals surface area contributed by atoms with E-state index < -0.39 is 0 Å². The van der Waals surface area contributed by atoms with E-state index in [0.29, 0.717) is 34.1 Å². The maximum atomic E-state index is 13.3. The number of hydrogen-bond donors (Lipinski definition) is 0. The summed E-state index contributed by atoms with van der Waals surface area (Å²) in [5.41, 5.74) is 3.34. The minimum absolute atomic E-state index is 0.0112. The molecule has 0 unspecified atom stereocenters. The number of carbonyl (C=O) groups is 1. The lowest BCUT2D eigenvalue weighted by atomic mass is 10.1. The Morgan fingerprint density at radius 2 is 2.00 bits per heavy atom. The summed E-state index contributed by atoms with van der Waals surface area (Å²) in [4.78, 5) is 21.7. The molecule has 0 N–H and O–H groups in total. The lowest BCUT2D eigenvalue weighted by Gasteiger charge is -2.06. The number of rotatable bonds is 5. The molecular formula is C23H16ClN3O3. The number of halogens is 1. The van der Waals surface area contributed by atoms with Crippen molar-refractivity contribution in [1.29, 1.82) is 0 Å². The molecule has 0 saturated heterocycles. The normalized spacial score (nSPS) is 11.3. The fraction of sp³-hybridized carbons (Fsp3) is 0.0870. The van der Waals surface area contributed by atoms with Crippen LogP contribution in [0.1, 0.15) is 21.8 Å². The van der Waals surface area contributed by atoms with Gasteiger partial charge in [-0.05, 0) is 48.0 Å². The molecule has 0 aliphatic heterocycles. The number of oxazole rings is 1. The van der Waals surface area contributed by atoms with E-state index in [1.807, 2.05) is 53.2 Å². The molecule has 5 rings (SSSR count). The van der Waals surface area contributed by atoms with Crippen molar-refractivity contribution in [3.63, 3.8) is 0 Å². The quantitative estimate of drug-likeness (QED) is 0.371. The van der Waals surface area contributed by atoms with Crippen LogP contribution in [0.4, 0.5) is 0 Å².